The minimum absolute atomic E-state index is 0.413. The molecule has 1 aromatic rings. The highest BCUT2D eigenvalue weighted by molar-refractivity contribution is 5.71. The van der Waals surface area contributed by atoms with Crippen molar-refractivity contribution in [2.45, 2.75) is 19.8 Å². The Morgan fingerprint density at radius 3 is 2.43 bits per heavy atom. The molecular weight excluding hydrogens is 272 g/mol. The molecule has 1 fully saturated rings. The second kappa shape index (κ2) is 7.46. The predicted octanol–water partition coefficient (Wildman–Crippen LogP) is -0.0162. The second-order valence-corrected chi connectivity index (χ2v) is 4.72. The average molecular weight is 294 g/mol. The van der Waals surface area contributed by atoms with Crippen LogP contribution in [-0.4, -0.2) is 53.7 Å². The van der Waals surface area contributed by atoms with Crippen LogP contribution in [0.4, 0.5) is 22.6 Å². The molecule has 2 amide bonds. The lowest BCUT2D eigenvalue weighted by Gasteiger charge is -2.17. The molecule has 0 aliphatic carbocycles. The number of nitrogens with one attached hydrogen (secondary N) is 3. The van der Waals surface area contributed by atoms with Gasteiger partial charge < -0.3 is 26.6 Å². The maximum absolute atomic E-state index is 10.6. The van der Waals surface area contributed by atoms with Crippen molar-refractivity contribution >= 4 is 23.9 Å². The van der Waals surface area contributed by atoms with E-state index >= 15 is 0 Å². The zero-order valence-corrected chi connectivity index (χ0v) is 12.2. The van der Waals surface area contributed by atoms with Crippen molar-refractivity contribution in [2.75, 3.05) is 48.3 Å². The van der Waals surface area contributed by atoms with Gasteiger partial charge in [-0.15, -0.1) is 0 Å². The molecule has 1 aromatic heterocycles. The summed E-state index contributed by atoms with van der Waals surface area (Å²) in [6.07, 6.45) is 2.32. The number of carbonyl (C=O) groups excluding carboxylic acids is 1. The molecule has 1 saturated heterocycles. The smallest absolute Gasteiger partial charge is 0.312 e. The molecular formula is C12H22N8O. The van der Waals surface area contributed by atoms with Crippen LogP contribution in [0.1, 0.15) is 19.8 Å². The van der Waals surface area contributed by atoms with Crippen LogP contribution in [0.25, 0.3) is 0 Å². The second-order valence-electron chi connectivity index (χ2n) is 4.72. The fourth-order valence-electron chi connectivity index (χ4n) is 2.10. The summed E-state index contributed by atoms with van der Waals surface area (Å²) in [5, 5.41) is 8.67. The predicted molar refractivity (Wildman–Crippen MR) is 81.5 cm³/mol. The molecule has 1 aliphatic heterocycles. The van der Waals surface area contributed by atoms with Crippen LogP contribution in [-0.2, 0) is 0 Å². The molecule has 0 aromatic carbocycles. The molecule has 0 atom stereocenters. The summed E-state index contributed by atoms with van der Waals surface area (Å²) in [5.74, 6) is 1.73. The first-order valence-electron chi connectivity index (χ1n) is 7.21. The maximum atomic E-state index is 10.6. The van der Waals surface area contributed by atoms with E-state index in [2.05, 4.69) is 35.8 Å². The summed E-state index contributed by atoms with van der Waals surface area (Å²) in [6.45, 7) is 5.58. The third-order valence-electron chi connectivity index (χ3n) is 3.05. The Kier molecular flexibility index (Phi) is 5.35. The van der Waals surface area contributed by atoms with Gasteiger partial charge in [0.15, 0.2) is 0 Å². The van der Waals surface area contributed by atoms with E-state index in [4.69, 9.17) is 5.73 Å². The molecule has 21 heavy (non-hydrogen) atoms. The fraction of sp³-hybridized carbons (Fsp3) is 0.667. The molecule has 1 aliphatic rings. The van der Waals surface area contributed by atoms with Crippen molar-refractivity contribution in [1.82, 2.24) is 20.3 Å². The number of aromatic nitrogens is 3. The number of carbonyl (C=O) groups is 1. The lowest BCUT2D eigenvalue weighted by molar-refractivity contribution is 0.249. The van der Waals surface area contributed by atoms with Gasteiger partial charge in [-0.1, -0.05) is 0 Å². The van der Waals surface area contributed by atoms with E-state index in [1.54, 1.807) is 0 Å². The summed E-state index contributed by atoms with van der Waals surface area (Å²) in [6, 6.07) is -0.543. The number of amides is 2. The number of nitrogens with zero attached hydrogens (tertiary/aromatic N) is 4. The molecule has 0 saturated carbocycles. The number of hydrogen-bond acceptors (Lipinski definition) is 7. The van der Waals surface area contributed by atoms with Gasteiger partial charge in [0.25, 0.3) is 0 Å². The summed E-state index contributed by atoms with van der Waals surface area (Å²) in [4.78, 5) is 25.9. The normalized spacial score (nSPS) is 14.0. The number of urea groups is 1. The van der Waals surface area contributed by atoms with Gasteiger partial charge in [0.2, 0.25) is 17.8 Å². The molecule has 5 N–H and O–H groups in total. The van der Waals surface area contributed by atoms with Crippen LogP contribution in [0, 0.1) is 0 Å². The van der Waals surface area contributed by atoms with E-state index < -0.39 is 6.03 Å². The first kappa shape index (κ1) is 15.1. The van der Waals surface area contributed by atoms with Crippen LogP contribution in [0.2, 0.25) is 0 Å². The maximum Gasteiger partial charge on any atom is 0.312 e. The highest BCUT2D eigenvalue weighted by atomic mass is 16.2. The first-order chi connectivity index (χ1) is 10.2. The Labute approximate surface area is 123 Å². The van der Waals surface area contributed by atoms with Crippen molar-refractivity contribution in [3.05, 3.63) is 0 Å². The van der Waals surface area contributed by atoms with Gasteiger partial charge in [0.05, 0.1) is 0 Å². The number of primary amides is 1. The third-order valence-corrected chi connectivity index (χ3v) is 3.05. The van der Waals surface area contributed by atoms with Crippen LogP contribution >= 0.6 is 0 Å². The Hall–Kier alpha value is -2.32. The van der Waals surface area contributed by atoms with Gasteiger partial charge in [-0.3, -0.25) is 0 Å². The third kappa shape index (κ3) is 4.62. The molecule has 0 bridgehead atoms. The van der Waals surface area contributed by atoms with Crippen molar-refractivity contribution in [3.8, 4) is 0 Å². The van der Waals surface area contributed by atoms with Crippen LogP contribution in [0.15, 0.2) is 0 Å². The highest BCUT2D eigenvalue weighted by Gasteiger charge is 2.17. The first-order valence-corrected chi connectivity index (χ1v) is 7.21. The van der Waals surface area contributed by atoms with E-state index in [0.717, 1.165) is 32.5 Å². The molecule has 0 unspecified atom stereocenters. The molecule has 2 heterocycles. The van der Waals surface area contributed by atoms with Gasteiger partial charge in [-0.2, -0.15) is 15.0 Å². The summed E-state index contributed by atoms with van der Waals surface area (Å²) < 4.78 is 0. The molecule has 116 valence electrons. The monoisotopic (exact) mass is 294 g/mol. The van der Waals surface area contributed by atoms with Gasteiger partial charge in [0, 0.05) is 32.7 Å². The topological polar surface area (TPSA) is 121 Å². The minimum Gasteiger partial charge on any atom is -0.354 e. The van der Waals surface area contributed by atoms with Crippen molar-refractivity contribution < 1.29 is 4.79 Å². The molecule has 9 nitrogen and oxygen atoms in total. The van der Waals surface area contributed by atoms with Gasteiger partial charge in [-0.05, 0) is 19.8 Å². The largest absolute Gasteiger partial charge is 0.354 e. The van der Waals surface area contributed by atoms with Crippen LogP contribution in [0.3, 0.4) is 0 Å². The number of nitrogens with two attached hydrogens (primary N) is 1. The SMILES string of the molecule is CCNc1nc(NCCNC(N)=O)nc(N2CCCC2)n1. The summed E-state index contributed by atoms with van der Waals surface area (Å²) >= 11 is 0. The van der Waals surface area contributed by atoms with E-state index in [1.165, 1.54) is 0 Å². The Morgan fingerprint density at radius 2 is 1.81 bits per heavy atom. The Balaban J connectivity index is 2.02. The van der Waals surface area contributed by atoms with E-state index in [-0.39, 0.29) is 0 Å². The number of rotatable bonds is 7. The highest BCUT2D eigenvalue weighted by Crippen LogP contribution is 2.18. The zero-order valence-electron chi connectivity index (χ0n) is 12.2. The van der Waals surface area contributed by atoms with Gasteiger partial charge in [0.1, 0.15) is 0 Å². The molecule has 0 radical (unpaired) electrons. The van der Waals surface area contributed by atoms with Crippen LogP contribution in [0.5, 0.6) is 0 Å². The van der Waals surface area contributed by atoms with E-state index in [9.17, 15) is 4.79 Å². The summed E-state index contributed by atoms with van der Waals surface area (Å²) in [7, 11) is 0. The minimum atomic E-state index is -0.543. The molecule has 9 heteroatoms. The molecule has 2 rings (SSSR count). The number of hydrogen-bond donors (Lipinski definition) is 4. The van der Waals surface area contributed by atoms with Crippen molar-refractivity contribution in [1.29, 1.82) is 0 Å². The van der Waals surface area contributed by atoms with E-state index in [1.807, 2.05) is 6.92 Å². The quantitative estimate of drug-likeness (QED) is 0.522. The standard InChI is InChI=1S/C12H22N8O/c1-2-14-10-17-11(16-6-5-15-9(13)21)19-12(18-10)20-7-3-4-8-20/h2-8H2,1H3,(H3,13,15,21)(H2,14,16,17,18,19). The molecule has 0 spiro atoms. The summed E-state index contributed by atoms with van der Waals surface area (Å²) in [5.41, 5.74) is 5.01. The Bertz CT molecular complexity index is 474. The van der Waals surface area contributed by atoms with Gasteiger partial charge in [-0.25, -0.2) is 4.79 Å². The van der Waals surface area contributed by atoms with Crippen molar-refractivity contribution in [2.24, 2.45) is 5.73 Å². The van der Waals surface area contributed by atoms with E-state index in [0.29, 0.717) is 30.9 Å². The lowest BCUT2D eigenvalue weighted by Crippen LogP contribution is -2.33. The number of anilines is 3. The van der Waals surface area contributed by atoms with Gasteiger partial charge >= 0.3 is 6.03 Å². The van der Waals surface area contributed by atoms with Crippen LogP contribution < -0.4 is 26.6 Å². The average Bonchev–Trinajstić information content (AvgIpc) is 2.98. The fourth-order valence-corrected chi connectivity index (χ4v) is 2.10. The zero-order chi connectivity index (χ0) is 15.1. The van der Waals surface area contributed by atoms with Crippen molar-refractivity contribution in [3.63, 3.8) is 0 Å². The Morgan fingerprint density at radius 1 is 1.14 bits per heavy atom. The lowest BCUT2D eigenvalue weighted by atomic mass is 10.4.